The topological polar surface area (TPSA) is 42.0 Å². The molecule has 1 atom stereocenters. The van der Waals surface area contributed by atoms with Gasteiger partial charge in [-0.1, -0.05) is 78.9 Å². The van der Waals surface area contributed by atoms with E-state index in [0.717, 1.165) is 40.6 Å². The van der Waals surface area contributed by atoms with Gasteiger partial charge >= 0.3 is 0 Å². The smallest absolute Gasteiger partial charge is 0.252 e. The molecule has 0 aliphatic rings. The van der Waals surface area contributed by atoms with E-state index in [1.54, 1.807) is 0 Å². The summed E-state index contributed by atoms with van der Waals surface area (Å²) in [6.45, 7) is 4.06. The predicted octanol–water partition coefficient (Wildman–Crippen LogP) is 5.96. The fourth-order valence-corrected chi connectivity index (χ4v) is 3.87. The van der Waals surface area contributed by atoms with Gasteiger partial charge in [0.15, 0.2) is 0 Å². The van der Waals surface area contributed by atoms with E-state index < -0.39 is 0 Å². The molecule has 1 aromatic heterocycles. The number of amides is 1. The van der Waals surface area contributed by atoms with E-state index in [1.165, 1.54) is 5.56 Å². The van der Waals surface area contributed by atoms with Gasteiger partial charge < -0.3 is 5.32 Å². The summed E-state index contributed by atoms with van der Waals surface area (Å²) in [6.07, 6.45) is 1.83. The van der Waals surface area contributed by atoms with Crippen LogP contribution in [0.2, 0.25) is 0 Å². The molecule has 30 heavy (non-hydrogen) atoms. The summed E-state index contributed by atoms with van der Waals surface area (Å²) in [5.41, 5.74) is 5.63. The Morgan fingerprint density at radius 1 is 0.900 bits per heavy atom. The highest BCUT2D eigenvalue weighted by atomic mass is 16.1. The van der Waals surface area contributed by atoms with Crippen LogP contribution in [-0.2, 0) is 6.42 Å². The van der Waals surface area contributed by atoms with Gasteiger partial charge in [-0.25, -0.2) is 4.98 Å². The molecule has 0 aliphatic carbocycles. The molecule has 0 bridgehead atoms. The lowest BCUT2D eigenvalue weighted by Gasteiger charge is -2.18. The van der Waals surface area contributed by atoms with Crippen LogP contribution in [0.25, 0.3) is 22.2 Å². The Hall–Kier alpha value is -3.46. The molecule has 4 aromatic rings. The Labute approximate surface area is 177 Å². The number of fused-ring (bicyclic) bond motifs is 1. The maximum atomic E-state index is 13.3. The fourth-order valence-electron chi connectivity index (χ4n) is 3.87. The zero-order valence-electron chi connectivity index (χ0n) is 17.4. The number of carbonyl (C=O) groups excluding carboxylic acids is 1. The van der Waals surface area contributed by atoms with Crippen LogP contribution in [0.4, 0.5) is 0 Å². The van der Waals surface area contributed by atoms with Crippen LogP contribution in [0.3, 0.4) is 0 Å². The van der Waals surface area contributed by atoms with Gasteiger partial charge in [-0.2, -0.15) is 0 Å². The lowest BCUT2D eigenvalue weighted by Crippen LogP contribution is -2.33. The van der Waals surface area contributed by atoms with E-state index in [2.05, 4.69) is 36.5 Å². The van der Waals surface area contributed by atoms with Crippen LogP contribution < -0.4 is 5.32 Å². The van der Waals surface area contributed by atoms with Crippen molar-refractivity contribution in [3.8, 4) is 11.3 Å². The second-order valence-electron chi connectivity index (χ2n) is 7.74. The van der Waals surface area contributed by atoms with E-state index in [4.69, 9.17) is 4.98 Å². The minimum Gasteiger partial charge on any atom is -0.350 e. The summed E-state index contributed by atoms with van der Waals surface area (Å²) in [4.78, 5) is 18.2. The van der Waals surface area contributed by atoms with E-state index in [9.17, 15) is 4.79 Å². The van der Waals surface area contributed by atoms with Crippen LogP contribution in [-0.4, -0.2) is 16.9 Å². The average Bonchev–Trinajstić information content (AvgIpc) is 2.78. The normalized spacial score (nSPS) is 11.9. The zero-order valence-corrected chi connectivity index (χ0v) is 17.4. The van der Waals surface area contributed by atoms with Crippen LogP contribution in [0.1, 0.15) is 34.8 Å². The molecule has 0 spiro atoms. The van der Waals surface area contributed by atoms with Crippen molar-refractivity contribution in [3.63, 3.8) is 0 Å². The minimum absolute atomic E-state index is 0.0381. The molecule has 0 radical (unpaired) electrons. The molecule has 0 aliphatic heterocycles. The van der Waals surface area contributed by atoms with E-state index in [1.807, 2.05) is 67.6 Å². The Bertz CT molecular complexity index is 1150. The Kier molecular flexibility index (Phi) is 5.89. The number of benzene rings is 3. The molecule has 3 nitrogen and oxygen atoms in total. The first-order valence-electron chi connectivity index (χ1n) is 10.4. The summed E-state index contributed by atoms with van der Waals surface area (Å²) in [7, 11) is 0. The number of pyridine rings is 1. The first-order valence-corrected chi connectivity index (χ1v) is 10.4. The molecule has 0 saturated carbocycles. The quantitative estimate of drug-likeness (QED) is 0.438. The molecule has 0 saturated heterocycles. The molecule has 4 rings (SSSR count). The summed E-state index contributed by atoms with van der Waals surface area (Å²) >= 11 is 0. The highest BCUT2D eigenvalue weighted by molar-refractivity contribution is 6.09. The standard InChI is InChI=1S/C27H26N2O/c1-19(17-18-21-11-5-3-6-12-21)28-27(30)25-20(2)26(22-13-7-4-8-14-22)29-24-16-10-9-15-23(24)25/h3-16,19H,17-18H2,1-2H3,(H,28,30). The van der Waals surface area contributed by atoms with Crippen molar-refractivity contribution in [3.05, 3.63) is 102 Å². The first kappa shape index (κ1) is 19.8. The second kappa shape index (κ2) is 8.91. The summed E-state index contributed by atoms with van der Waals surface area (Å²) in [5, 5.41) is 4.10. The lowest BCUT2D eigenvalue weighted by atomic mass is 9.96. The summed E-state index contributed by atoms with van der Waals surface area (Å²) < 4.78 is 0. The Balaban J connectivity index is 1.63. The van der Waals surface area contributed by atoms with Gasteiger partial charge in [0.1, 0.15) is 0 Å². The highest BCUT2D eigenvalue weighted by Gasteiger charge is 2.20. The monoisotopic (exact) mass is 394 g/mol. The van der Waals surface area contributed by atoms with Crippen molar-refractivity contribution < 1.29 is 4.79 Å². The molecular weight excluding hydrogens is 368 g/mol. The second-order valence-corrected chi connectivity index (χ2v) is 7.74. The molecule has 1 N–H and O–H groups in total. The fraction of sp³-hybridized carbons (Fsp3) is 0.185. The third kappa shape index (κ3) is 4.25. The molecule has 1 amide bonds. The summed E-state index contributed by atoms with van der Waals surface area (Å²) in [6, 6.07) is 28.4. The molecule has 0 fully saturated rings. The molecule has 3 heteroatoms. The number of aromatic nitrogens is 1. The van der Waals surface area contributed by atoms with Gasteiger partial charge in [0.05, 0.1) is 16.8 Å². The number of carbonyl (C=O) groups is 1. The maximum Gasteiger partial charge on any atom is 0.252 e. The number of hydrogen-bond acceptors (Lipinski definition) is 2. The molecule has 3 aromatic carbocycles. The molecule has 1 heterocycles. The number of nitrogens with zero attached hydrogens (tertiary/aromatic N) is 1. The predicted molar refractivity (Wildman–Crippen MR) is 124 cm³/mol. The Morgan fingerprint density at radius 2 is 1.53 bits per heavy atom. The van der Waals surface area contributed by atoms with Crippen molar-refractivity contribution in [2.75, 3.05) is 0 Å². The lowest BCUT2D eigenvalue weighted by molar-refractivity contribution is 0.0939. The first-order chi connectivity index (χ1) is 14.6. The van der Waals surface area contributed by atoms with Crippen molar-refractivity contribution in [1.82, 2.24) is 10.3 Å². The van der Waals surface area contributed by atoms with Crippen LogP contribution in [0.5, 0.6) is 0 Å². The molecular formula is C27H26N2O. The number of hydrogen-bond donors (Lipinski definition) is 1. The van der Waals surface area contributed by atoms with Crippen molar-refractivity contribution >= 4 is 16.8 Å². The zero-order chi connectivity index (χ0) is 20.9. The third-order valence-corrected chi connectivity index (χ3v) is 5.50. The van der Waals surface area contributed by atoms with Gasteiger partial charge in [0, 0.05) is 17.0 Å². The molecule has 150 valence electrons. The van der Waals surface area contributed by atoms with Crippen LogP contribution in [0.15, 0.2) is 84.9 Å². The SMILES string of the molecule is Cc1c(-c2ccccc2)nc2ccccc2c1C(=O)NC(C)CCc1ccccc1. The van der Waals surface area contributed by atoms with Crippen molar-refractivity contribution in [2.24, 2.45) is 0 Å². The van der Waals surface area contributed by atoms with Gasteiger partial charge in [0.2, 0.25) is 0 Å². The van der Waals surface area contributed by atoms with Crippen molar-refractivity contribution in [1.29, 1.82) is 0 Å². The maximum absolute atomic E-state index is 13.3. The largest absolute Gasteiger partial charge is 0.350 e. The number of para-hydroxylation sites is 1. The Morgan fingerprint density at radius 3 is 2.27 bits per heavy atom. The minimum atomic E-state index is -0.0381. The number of nitrogens with one attached hydrogen (secondary N) is 1. The number of aryl methyl sites for hydroxylation is 1. The highest BCUT2D eigenvalue weighted by Crippen LogP contribution is 2.29. The van der Waals surface area contributed by atoms with Gasteiger partial charge in [0.25, 0.3) is 5.91 Å². The van der Waals surface area contributed by atoms with Gasteiger partial charge in [-0.05, 0) is 43.9 Å². The number of rotatable bonds is 6. The van der Waals surface area contributed by atoms with Crippen LogP contribution in [0, 0.1) is 6.92 Å². The van der Waals surface area contributed by atoms with E-state index in [0.29, 0.717) is 5.56 Å². The van der Waals surface area contributed by atoms with Crippen molar-refractivity contribution in [2.45, 2.75) is 32.7 Å². The van der Waals surface area contributed by atoms with Gasteiger partial charge in [-0.3, -0.25) is 4.79 Å². The molecule has 1 unspecified atom stereocenters. The van der Waals surface area contributed by atoms with E-state index in [-0.39, 0.29) is 11.9 Å². The van der Waals surface area contributed by atoms with Crippen LogP contribution >= 0.6 is 0 Å². The third-order valence-electron chi connectivity index (χ3n) is 5.50. The van der Waals surface area contributed by atoms with E-state index >= 15 is 0 Å². The summed E-state index contributed by atoms with van der Waals surface area (Å²) in [5.74, 6) is -0.0381. The average molecular weight is 395 g/mol. The van der Waals surface area contributed by atoms with Gasteiger partial charge in [-0.15, -0.1) is 0 Å².